The Morgan fingerprint density at radius 1 is 1.24 bits per heavy atom. The molecule has 0 aliphatic rings. The van der Waals surface area contributed by atoms with E-state index in [0.717, 1.165) is 0 Å². The van der Waals surface area contributed by atoms with Crippen LogP contribution in [-0.2, 0) is 14.3 Å². The second-order valence-corrected chi connectivity index (χ2v) is 5.37. The summed E-state index contributed by atoms with van der Waals surface area (Å²) >= 11 is 11.7. The Bertz CT molecular complexity index is 520. The molecule has 0 aliphatic heterocycles. The molecule has 0 spiro atoms. The molecule has 0 bridgehead atoms. The van der Waals surface area contributed by atoms with E-state index in [-0.39, 0.29) is 25.1 Å². The van der Waals surface area contributed by atoms with Crippen LogP contribution >= 0.6 is 23.2 Å². The van der Waals surface area contributed by atoms with Gasteiger partial charge in [-0.05, 0) is 26.0 Å². The summed E-state index contributed by atoms with van der Waals surface area (Å²) in [4.78, 5) is 24.8. The molecule has 0 atom stereocenters. The molecule has 1 aromatic carbocycles. The maximum atomic E-state index is 12.1. The maximum Gasteiger partial charge on any atom is 0.325 e. The molecular formula is C14H17Cl2NO4. The van der Waals surface area contributed by atoms with E-state index in [4.69, 9.17) is 27.9 Å². The first-order chi connectivity index (χ1) is 9.85. The summed E-state index contributed by atoms with van der Waals surface area (Å²) in [5.41, 5.74) is 0. The number of halogens is 2. The summed E-state index contributed by atoms with van der Waals surface area (Å²) in [6.45, 7) is 3.30. The minimum absolute atomic E-state index is 0.113. The first-order valence-corrected chi connectivity index (χ1v) is 7.05. The van der Waals surface area contributed by atoms with Gasteiger partial charge in [-0.25, -0.2) is 0 Å². The number of hydrogen-bond acceptors (Lipinski definition) is 4. The van der Waals surface area contributed by atoms with Crippen molar-refractivity contribution >= 4 is 35.1 Å². The Hall–Kier alpha value is -1.46. The van der Waals surface area contributed by atoms with Crippen LogP contribution in [0.15, 0.2) is 18.2 Å². The molecule has 0 fully saturated rings. The predicted octanol–water partition coefficient (Wildman–Crippen LogP) is 2.78. The Morgan fingerprint density at radius 3 is 2.43 bits per heavy atom. The predicted molar refractivity (Wildman–Crippen MR) is 80.8 cm³/mol. The lowest BCUT2D eigenvalue weighted by molar-refractivity contribution is -0.149. The molecule has 0 unspecified atom stereocenters. The topological polar surface area (TPSA) is 55.8 Å². The smallest absolute Gasteiger partial charge is 0.325 e. The van der Waals surface area contributed by atoms with Crippen molar-refractivity contribution in [3.05, 3.63) is 28.2 Å². The van der Waals surface area contributed by atoms with Gasteiger partial charge in [-0.2, -0.15) is 0 Å². The van der Waals surface area contributed by atoms with E-state index in [1.807, 2.05) is 0 Å². The van der Waals surface area contributed by atoms with Gasteiger partial charge in [0.05, 0.1) is 17.2 Å². The number of esters is 1. The second-order valence-electron chi connectivity index (χ2n) is 4.56. The molecule has 1 rings (SSSR count). The van der Waals surface area contributed by atoms with Crippen LogP contribution in [0, 0.1) is 0 Å². The number of ether oxygens (including phenoxy) is 2. The summed E-state index contributed by atoms with van der Waals surface area (Å²) in [6.07, 6.45) is 0. The third-order valence-electron chi connectivity index (χ3n) is 2.72. The molecule has 0 radical (unpaired) electrons. The van der Waals surface area contributed by atoms with Crippen molar-refractivity contribution in [2.45, 2.75) is 19.9 Å². The lowest BCUT2D eigenvalue weighted by Gasteiger charge is -2.25. The third kappa shape index (κ3) is 5.44. The largest absolute Gasteiger partial charge is 0.484 e. The van der Waals surface area contributed by atoms with Gasteiger partial charge in [0.2, 0.25) is 0 Å². The first kappa shape index (κ1) is 17.6. The van der Waals surface area contributed by atoms with Gasteiger partial charge >= 0.3 is 5.97 Å². The van der Waals surface area contributed by atoms with Crippen LogP contribution in [0.5, 0.6) is 5.75 Å². The number of nitrogens with zero attached hydrogens (tertiary/aromatic N) is 1. The highest BCUT2D eigenvalue weighted by atomic mass is 35.5. The Morgan fingerprint density at radius 2 is 1.90 bits per heavy atom. The highest BCUT2D eigenvalue weighted by Crippen LogP contribution is 2.26. The zero-order chi connectivity index (χ0) is 16.0. The standard InChI is InChI=1S/C14H17Cl2NO4/c1-9(2)17(7-14(19)20-3)13(18)8-21-10-4-5-11(15)12(16)6-10/h4-6,9H,7-8H2,1-3H3. The molecule has 1 aromatic rings. The van der Waals surface area contributed by atoms with Crippen molar-refractivity contribution in [2.75, 3.05) is 20.3 Å². The lowest BCUT2D eigenvalue weighted by atomic mass is 10.3. The van der Waals surface area contributed by atoms with Crippen LogP contribution < -0.4 is 4.74 Å². The molecular weight excluding hydrogens is 317 g/mol. The summed E-state index contributed by atoms with van der Waals surface area (Å²) in [6, 6.07) is 4.57. The van der Waals surface area contributed by atoms with E-state index in [0.29, 0.717) is 15.8 Å². The van der Waals surface area contributed by atoms with Crippen molar-refractivity contribution in [2.24, 2.45) is 0 Å². The average molecular weight is 334 g/mol. The van der Waals surface area contributed by atoms with Crippen LogP contribution in [0.25, 0.3) is 0 Å². The van der Waals surface area contributed by atoms with Crippen molar-refractivity contribution in [3.63, 3.8) is 0 Å². The van der Waals surface area contributed by atoms with E-state index in [9.17, 15) is 9.59 Å². The molecule has 0 saturated heterocycles. The van der Waals surface area contributed by atoms with E-state index < -0.39 is 5.97 Å². The monoisotopic (exact) mass is 333 g/mol. The zero-order valence-corrected chi connectivity index (χ0v) is 13.6. The molecule has 5 nitrogen and oxygen atoms in total. The van der Waals surface area contributed by atoms with Crippen LogP contribution in [0.4, 0.5) is 0 Å². The summed E-state index contributed by atoms with van der Waals surface area (Å²) < 4.78 is 9.93. The van der Waals surface area contributed by atoms with Gasteiger partial charge in [0.1, 0.15) is 12.3 Å². The fraction of sp³-hybridized carbons (Fsp3) is 0.429. The van der Waals surface area contributed by atoms with E-state index in [2.05, 4.69) is 4.74 Å². The molecule has 0 aliphatic carbocycles. The highest BCUT2D eigenvalue weighted by Gasteiger charge is 2.21. The van der Waals surface area contributed by atoms with Crippen molar-refractivity contribution in [1.29, 1.82) is 0 Å². The van der Waals surface area contributed by atoms with Crippen molar-refractivity contribution in [1.82, 2.24) is 4.90 Å². The third-order valence-corrected chi connectivity index (χ3v) is 3.46. The first-order valence-electron chi connectivity index (χ1n) is 6.29. The minimum atomic E-state index is -0.480. The molecule has 7 heteroatoms. The average Bonchev–Trinajstić information content (AvgIpc) is 2.45. The van der Waals surface area contributed by atoms with Crippen LogP contribution in [0.1, 0.15) is 13.8 Å². The fourth-order valence-corrected chi connectivity index (χ4v) is 1.85. The summed E-state index contributed by atoms with van der Waals surface area (Å²) in [5.74, 6) is -0.368. The van der Waals surface area contributed by atoms with Gasteiger partial charge in [0.15, 0.2) is 6.61 Å². The van der Waals surface area contributed by atoms with Gasteiger partial charge in [0.25, 0.3) is 5.91 Å². The number of amides is 1. The number of carbonyl (C=O) groups is 2. The fourth-order valence-electron chi connectivity index (χ4n) is 1.56. The number of rotatable bonds is 6. The van der Waals surface area contributed by atoms with Crippen molar-refractivity contribution in [3.8, 4) is 5.75 Å². The van der Waals surface area contributed by atoms with E-state index in [1.165, 1.54) is 18.1 Å². The molecule has 116 valence electrons. The van der Waals surface area contributed by atoms with Gasteiger partial charge in [0, 0.05) is 12.1 Å². The maximum absolute atomic E-state index is 12.1. The molecule has 0 heterocycles. The van der Waals surface area contributed by atoms with E-state index in [1.54, 1.807) is 26.0 Å². The van der Waals surface area contributed by atoms with Crippen LogP contribution in [0.3, 0.4) is 0 Å². The lowest BCUT2D eigenvalue weighted by Crippen LogP contribution is -2.43. The van der Waals surface area contributed by atoms with Crippen LogP contribution in [0.2, 0.25) is 10.0 Å². The Balaban J connectivity index is 2.64. The molecule has 21 heavy (non-hydrogen) atoms. The normalized spacial score (nSPS) is 10.4. The van der Waals surface area contributed by atoms with Crippen molar-refractivity contribution < 1.29 is 19.1 Å². The Kier molecular flexibility index (Phi) is 6.78. The highest BCUT2D eigenvalue weighted by molar-refractivity contribution is 6.42. The summed E-state index contributed by atoms with van der Waals surface area (Å²) in [7, 11) is 1.28. The van der Waals surface area contributed by atoms with E-state index >= 15 is 0 Å². The number of hydrogen-bond donors (Lipinski definition) is 0. The SMILES string of the molecule is COC(=O)CN(C(=O)COc1ccc(Cl)c(Cl)c1)C(C)C. The molecule has 0 aromatic heterocycles. The summed E-state index contributed by atoms with van der Waals surface area (Å²) in [5, 5.41) is 0.752. The van der Waals surface area contributed by atoms with Gasteiger partial charge in [-0.3, -0.25) is 9.59 Å². The van der Waals surface area contributed by atoms with Gasteiger partial charge in [-0.1, -0.05) is 23.2 Å². The van der Waals surface area contributed by atoms with Gasteiger partial charge in [-0.15, -0.1) is 0 Å². The minimum Gasteiger partial charge on any atom is -0.484 e. The number of methoxy groups -OCH3 is 1. The number of carbonyl (C=O) groups excluding carboxylic acids is 2. The Labute approximate surface area is 133 Å². The zero-order valence-electron chi connectivity index (χ0n) is 12.1. The second kappa shape index (κ2) is 8.10. The quantitative estimate of drug-likeness (QED) is 0.751. The molecule has 0 N–H and O–H groups in total. The number of benzene rings is 1. The van der Waals surface area contributed by atoms with Crippen LogP contribution in [-0.4, -0.2) is 43.1 Å². The molecule has 0 saturated carbocycles. The van der Waals surface area contributed by atoms with Gasteiger partial charge < -0.3 is 14.4 Å². The molecule has 1 amide bonds.